The van der Waals surface area contributed by atoms with E-state index < -0.39 is 0 Å². The maximum absolute atomic E-state index is 13.6. The molecular weight excluding hydrogens is 407 g/mol. The van der Waals surface area contributed by atoms with Gasteiger partial charge in [-0.2, -0.15) is 0 Å². The molecule has 4 rings (SSSR count). The molecule has 0 heterocycles. The van der Waals surface area contributed by atoms with Crippen molar-refractivity contribution >= 4 is 11.9 Å². The average Bonchev–Trinajstić information content (AvgIpc) is 3.72. The molecule has 7 heteroatoms. The maximum atomic E-state index is 13.6. The second-order valence-electron chi connectivity index (χ2n) is 8.67. The largest absolute Gasteiger partial charge is 0.484 e. The van der Waals surface area contributed by atoms with Crippen LogP contribution in [-0.2, 0) is 16.6 Å². The lowest BCUT2D eigenvalue weighted by Crippen LogP contribution is -2.42. The van der Waals surface area contributed by atoms with Crippen molar-refractivity contribution in [2.75, 3.05) is 26.7 Å². The lowest BCUT2D eigenvalue weighted by atomic mass is 9.96. The van der Waals surface area contributed by atoms with Gasteiger partial charge in [0, 0.05) is 31.6 Å². The van der Waals surface area contributed by atoms with Crippen LogP contribution in [0.15, 0.2) is 53.5 Å². The van der Waals surface area contributed by atoms with Crippen LogP contribution in [0.5, 0.6) is 5.75 Å². The second-order valence-corrected chi connectivity index (χ2v) is 8.67. The third-order valence-electron chi connectivity index (χ3n) is 6.05. The molecule has 0 unspecified atom stereocenters. The van der Waals surface area contributed by atoms with Gasteiger partial charge in [-0.3, -0.25) is 9.79 Å². The smallest absolute Gasteiger partial charge is 0.258 e. The zero-order valence-electron chi connectivity index (χ0n) is 18.5. The number of amides is 1. The van der Waals surface area contributed by atoms with E-state index in [1.54, 1.807) is 19.2 Å². The zero-order chi connectivity index (χ0) is 22.4. The number of carbonyl (C=O) groups is 1. The number of hydrogen-bond donors (Lipinski definition) is 3. The number of nitrogens with one attached hydrogen (secondary N) is 3. The highest BCUT2D eigenvalue weighted by molar-refractivity contribution is 5.80. The average molecular weight is 439 g/mol. The Bertz CT molecular complexity index is 953. The minimum atomic E-state index is -0.186. The summed E-state index contributed by atoms with van der Waals surface area (Å²) in [6, 6.07) is 15.0. The molecule has 32 heavy (non-hydrogen) atoms. The van der Waals surface area contributed by atoms with Gasteiger partial charge in [-0.15, -0.1) is 0 Å². The Labute approximate surface area is 188 Å². The Kier molecular flexibility index (Phi) is 6.93. The topological polar surface area (TPSA) is 74.8 Å². The molecule has 2 saturated carbocycles. The number of hydrogen-bond acceptors (Lipinski definition) is 3. The van der Waals surface area contributed by atoms with E-state index in [9.17, 15) is 9.18 Å². The molecule has 0 aliphatic heterocycles. The molecule has 2 aliphatic rings. The first-order valence-corrected chi connectivity index (χ1v) is 11.3. The highest BCUT2D eigenvalue weighted by atomic mass is 19.1. The standard InChI is InChI=1S/C25H31FN4O2/c1-27-24(29-17-25(12-13-25)19-3-2-4-20(26)15-19)28-14-11-18-5-9-22(10-6-18)32-16-23(31)30-21-7-8-21/h2-6,9-10,15,21H,7-8,11-14,16-17H2,1H3,(H,30,31)(H2,27,28,29). The highest BCUT2D eigenvalue weighted by Crippen LogP contribution is 2.47. The van der Waals surface area contributed by atoms with E-state index in [1.807, 2.05) is 30.3 Å². The third kappa shape index (κ3) is 6.22. The van der Waals surface area contributed by atoms with Crippen LogP contribution < -0.4 is 20.7 Å². The van der Waals surface area contributed by atoms with Crippen molar-refractivity contribution in [2.45, 2.75) is 43.6 Å². The molecule has 0 spiro atoms. The molecule has 0 aromatic heterocycles. The van der Waals surface area contributed by atoms with Crippen LogP contribution in [0.3, 0.4) is 0 Å². The Balaban J connectivity index is 1.17. The minimum Gasteiger partial charge on any atom is -0.484 e. The number of benzene rings is 2. The number of carbonyl (C=O) groups excluding carboxylic acids is 1. The number of guanidine groups is 1. The molecule has 2 aromatic carbocycles. The van der Waals surface area contributed by atoms with E-state index in [0.29, 0.717) is 11.8 Å². The van der Waals surface area contributed by atoms with E-state index in [4.69, 9.17) is 4.74 Å². The molecule has 2 fully saturated rings. The predicted molar refractivity (Wildman–Crippen MR) is 123 cm³/mol. The first kappa shape index (κ1) is 22.1. The molecular formula is C25H31FN4O2. The van der Waals surface area contributed by atoms with Gasteiger partial charge in [0.2, 0.25) is 0 Å². The molecule has 0 radical (unpaired) electrons. The van der Waals surface area contributed by atoms with Gasteiger partial charge in [0.1, 0.15) is 11.6 Å². The number of halogens is 1. The Morgan fingerprint density at radius 1 is 1.16 bits per heavy atom. The van der Waals surface area contributed by atoms with Crippen LogP contribution in [-0.4, -0.2) is 44.7 Å². The predicted octanol–water partition coefficient (Wildman–Crippen LogP) is 2.92. The normalized spacial score (nSPS) is 16.9. The molecule has 0 saturated heterocycles. The van der Waals surface area contributed by atoms with Crippen molar-refractivity contribution in [1.82, 2.24) is 16.0 Å². The van der Waals surface area contributed by atoms with Crippen LogP contribution in [0.25, 0.3) is 0 Å². The van der Waals surface area contributed by atoms with E-state index in [2.05, 4.69) is 20.9 Å². The number of ether oxygens (including phenoxy) is 1. The summed E-state index contributed by atoms with van der Waals surface area (Å²) in [6.45, 7) is 1.52. The van der Waals surface area contributed by atoms with Gasteiger partial charge in [0.05, 0.1) is 0 Å². The Hall–Kier alpha value is -3.09. The second kappa shape index (κ2) is 10.0. The molecule has 170 valence electrons. The van der Waals surface area contributed by atoms with Crippen molar-refractivity contribution in [3.63, 3.8) is 0 Å². The summed E-state index contributed by atoms with van der Waals surface area (Å²) >= 11 is 0. The van der Waals surface area contributed by atoms with Crippen LogP contribution in [0.2, 0.25) is 0 Å². The first-order valence-electron chi connectivity index (χ1n) is 11.3. The molecule has 0 bridgehead atoms. The molecule has 6 nitrogen and oxygen atoms in total. The Morgan fingerprint density at radius 3 is 2.59 bits per heavy atom. The van der Waals surface area contributed by atoms with Crippen LogP contribution >= 0.6 is 0 Å². The highest BCUT2D eigenvalue weighted by Gasteiger charge is 2.44. The molecule has 3 N–H and O–H groups in total. The van der Waals surface area contributed by atoms with Crippen molar-refractivity contribution in [3.8, 4) is 5.75 Å². The SMILES string of the molecule is CN=C(NCCc1ccc(OCC(=O)NC2CC2)cc1)NCC1(c2cccc(F)c2)CC1. The molecule has 2 aliphatic carbocycles. The number of rotatable bonds is 10. The summed E-state index contributed by atoms with van der Waals surface area (Å²) in [5.41, 5.74) is 2.22. The summed E-state index contributed by atoms with van der Waals surface area (Å²) < 4.78 is 19.1. The van der Waals surface area contributed by atoms with Crippen molar-refractivity contribution < 1.29 is 13.9 Å². The van der Waals surface area contributed by atoms with Gasteiger partial charge in [-0.05, 0) is 67.5 Å². The summed E-state index contributed by atoms with van der Waals surface area (Å²) in [6.07, 6.45) is 5.08. The first-order chi connectivity index (χ1) is 15.6. The Morgan fingerprint density at radius 2 is 1.94 bits per heavy atom. The fraction of sp³-hybridized carbons (Fsp3) is 0.440. The van der Waals surface area contributed by atoms with Crippen molar-refractivity contribution in [1.29, 1.82) is 0 Å². The quantitative estimate of drug-likeness (QED) is 0.394. The fourth-order valence-electron chi connectivity index (χ4n) is 3.73. The van der Waals surface area contributed by atoms with E-state index in [-0.39, 0.29) is 23.7 Å². The van der Waals surface area contributed by atoms with Gasteiger partial charge < -0.3 is 20.7 Å². The van der Waals surface area contributed by atoms with Crippen LogP contribution in [0.4, 0.5) is 4.39 Å². The molecule has 2 aromatic rings. The zero-order valence-corrected chi connectivity index (χ0v) is 18.5. The summed E-state index contributed by atoms with van der Waals surface area (Å²) in [7, 11) is 1.75. The third-order valence-corrected chi connectivity index (χ3v) is 6.05. The lowest BCUT2D eigenvalue weighted by Gasteiger charge is -2.19. The van der Waals surface area contributed by atoms with Gasteiger partial charge in [0.25, 0.3) is 5.91 Å². The number of aliphatic imine (C=N–C) groups is 1. The van der Waals surface area contributed by atoms with Crippen LogP contribution in [0, 0.1) is 5.82 Å². The lowest BCUT2D eigenvalue weighted by molar-refractivity contribution is -0.123. The molecule has 0 atom stereocenters. The summed E-state index contributed by atoms with van der Waals surface area (Å²) in [5.74, 6) is 1.19. The molecule has 1 amide bonds. The maximum Gasteiger partial charge on any atom is 0.258 e. The van der Waals surface area contributed by atoms with E-state index in [1.165, 1.54) is 11.6 Å². The summed E-state index contributed by atoms with van der Waals surface area (Å²) in [5, 5.41) is 9.64. The fourth-order valence-corrected chi connectivity index (χ4v) is 3.73. The van der Waals surface area contributed by atoms with Crippen LogP contribution in [0.1, 0.15) is 36.8 Å². The number of nitrogens with zero attached hydrogens (tertiary/aromatic N) is 1. The summed E-state index contributed by atoms with van der Waals surface area (Å²) in [4.78, 5) is 16.0. The minimum absolute atomic E-state index is 0.00507. The van der Waals surface area contributed by atoms with Gasteiger partial charge in [0.15, 0.2) is 12.6 Å². The monoisotopic (exact) mass is 438 g/mol. The van der Waals surface area contributed by atoms with Crippen molar-refractivity contribution in [3.05, 3.63) is 65.5 Å². The van der Waals surface area contributed by atoms with Gasteiger partial charge >= 0.3 is 0 Å². The van der Waals surface area contributed by atoms with E-state index >= 15 is 0 Å². The van der Waals surface area contributed by atoms with E-state index in [0.717, 1.165) is 56.7 Å². The van der Waals surface area contributed by atoms with Gasteiger partial charge in [-0.1, -0.05) is 24.3 Å². The van der Waals surface area contributed by atoms with Crippen molar-refractivity contribution in [2.24, 2.45) is 4.99 Å². The van der Waals surface area contributed by atoms with Gasteiger partial charge in [-0.25, -0.2) is 4.39 Å².